The minimum absolute atomic E-state index is 0.0879. The summed E-state index contributed by atoms with van der Waals surface area (Å²) in [5, 5.41) is 21.5. The number of aromatic hydroxyl groups is 1. The molecule has 0 aliphatic heterocycles. The number of rotatable bonds is 4. The molecule has 15 heavy (non-hydrogen) atoms. The van der Waals surface area contributed by atoms with Gasteiger partial charge in [0.25, 0.3) is 0 Å². The lowest BCUT2D eigenvalue weighted by Gasteiger charge is -2.17. The summed E-state index contributed by atoms with van der Waals surface area (Å²) < 4.78 is 12.9. The molecule has 0 aromatic heterocycles. The minimum Gasteiger partial charge on any atom is -0.508 e. The van der Waals surface area contributed by atoms with Crippen LogP contribution in [0.1, 0.15) is 19.4 Å². The average molecular weight is 213 g/mol. The van der Waals surface area contributed by atoms with E-state index in [-0.39, 0.29) is 5.75 Å². The van der Waals surface area contributed by atoms with Crippen LogP contribution in [-0.4, -0.2) is 22.4 Å². The van der Waals surface area contributed by atoms with Crippen molar-refractivity contribution in [1.29, 1.82) is 0 Å². The lowest BCUT2D eigenvalue weighted by molar-refractivity contribution is 0.0795. The van der Waals surface area contributed by atoms with Gasteiger partial charge in [-0.1, -0.05) is 0 Å². The van der Waals surface area contributed by atoms with Crippen molar-refractivity contribution in [3.05, 3.63) is 29.6 Å². The van der Waals surface area contributed by atoms with Gasteiger partial charge in [-0.05, 0) is 31.5 Å². The Balaban J connectivity index is 2.51. The smallest absolute Gasteiger partial charge is 0.127 e. The molecule has 0 radical (unpaired) electrons. The van der Waals surface area contributed by atoms with Crippen molar-refractivity contribution >= 4 is 0 Å². The number of phenolic OH excluding ortho intramolecular Hbond substituents is 1. The second-order valence-corrected chi connectivity index (χ2v) is 4.23. The summed E-state index contributed by atoms with van der Waals surface area (Å²) in [4.78, 5) is 0. The Morgan fingerprint density at radius 1 is 1.33 bits per heavy atom. The standard InChI is InChI=1S/C11H16FNO2/c1-11(2,15)7-13-6-8-3-9(12)5-10(14)4-8/h3-5,13-15H,6-7H2,1-2H3. The number of hydrogen-bond donors (Lipinski definition) is 3. The fourth-order valence-corrected chi connectivity index (χ4v) is 1.25. The van der Waals surface area contributed by atoms with Crippen LogP contribution >= 0.6 is 0 Å². The third-order valence-electron chi connectivity index (χ3n) is 1.83. The molecule has 0 aliphatic carbocycles. The second kappa shape index (κ2) is 4.59. The van der Waals surface area contributed by atoms with Crippen LogP contribution in [-0.2, 0) is 6.54 Å². The molecule has 0 amide bonds. The molecule has 3 N–H and O–H groups in total. The zero-order chi connectivity index (χ0) is 11.5. The van der Waals surface area contributed by atoms with E-state index >= 15 is 0 Å². The van der Waals surface area contributed by atoms with Crippen LogP contribution in [0.25, 0.3) is 0 Å². The maximum Gasteiger partial charge on any atom is 0.127 e. The molecule has 0 unspecified atom stereocenters. The molecule has 0 bridgehead atoms. The normalized spacial score (nSPS) is 11.7. The summed E-state index contributed by atoms with van der Waals surface area (Å²) in [6.45, 7) is 4.19. The fraction of sp³-hybridized carbons (Fsp3) is 0.455. The van der Waals surface area contributed by atoms with Crippen LogP contribution in [0.2, 0.25) is 0 Å². The van der Waals surface area contributed by atoms with Gasteiger partial charge in [0.1, 0.15) is 11.6 Å². The third-order valence-corrected chi connectivity index (χ3v) is 1.83. The first-order chi connectivity index (χ1) is 6.87. The maximum atomic E-state index is 12.9. The van der Waals surface area contributed by atoms with Gasteiger partial charge in [-0.15, -0.1) is 0 Å². The molecule has 0 saturated carbocycles. The van der Waals surface area contributed by atoms with Crippen molar-refractivity contribution in [2.24, 2.45) is 0 Å². The van der Waals surface area contributed by atoms with Gasteiger partial charge in [0.15, 0.2) is 0 Å². The van der Waals surface area contributed by atoms with Crippen LogP contribution in [0.4, 0.5) is 4.39 Å². The molecule has 0 atom stereocenters. The maximum absolute atomic E-state index is 12.9. The summed E-state index contributed by atoms with van der Waals surface area (Å²) >= 11 is 0. The molecule has 4 heteroatoms. The summed E-state index contributed by atoms with van der Waals surface area (Å²) in [5.74, 6) is -0.551. The van der Waals surface area contributed by atoms with E-state index in [4.69, 9.17) is 5.11 Å². The first kappa shape index (κ1) is 11.9. The van der Waals surface area contributed by atoms with Crippen molar-refractivity contribution in [2.75, 3.05) is 6.54 Å². The van der Waals surface area contributed by atoms with Crippen molar-refractivity contribution in [3.63, 3.8) is 0 Å². The number of hydrogen-bond acceptors (Lipinski definition) is 3. The van der Waals surface area contributed by atoms with Gasteiger partial charge in [-0.2, -0.15) is 0 Å². The molecule has 0 aliphatic rings. The third kappa shape index (κ3) is 4.76. The minimum atomic E-state index is -0.796. The molecular weight excluding hydrogens is 197 g/mol. The van der Waals surface area contributed by atoms with E-state index in [9.17, 15) is 9.50 Å². The molecule has 1 aromatic rings. The lowest BCUT2D eigenvalue weighted by Crippen LogP contribution is -2.34. The molecule has 0 saturated heterocycles. The zero-order valence-corrected chi connectivity index (χ0v) is 8.92. The van der Waals surface area contributed by atoms with E-state index in [1.54, 1.807) is 13.8 Å². The number of aliphatic hydroxyl groups is 1. The Bertz CT molecular complexity index is 314. The largest absolute Gasteiger partial charge is 0.508 e. The molecule has 1 rings (SSSR count). The summed E-state index contributed by atoms with van der Waals surface area (Å²) in [6, 6.07) is 3.89. The van der Waals surface area contributed by atoms with Gasteiger partial charge >= 0.3 is 0 Å². The summed E-state index contributed by atoms with van der Waals surface area (Å²) in [7, 11) is 0. The fourth-order valence-electron chi connectivity index (χ4n) is 1.25. The van der Waals surface area contributed by atoms with Crippen molar-refractivity contribution in [1.82, 2.24) is 5.32 Å². The van der Waals surface area contributed by atoms with E-state index < -0.39 is 11.4 Å². The Hall–Kier alpha value is -1.13. The van der Waals surface area contributed by atoms with E-state index in [1.165, 1.54) is 12.1 Å². The van der Waals surface area contributed by atoms with Crippen molar-refractivity contribution < 1.29 is 14.6 Å². The van der Waals surface area contributed by atoms with Gasteiger partial charge in [-0.3, -0.25) is 0 Å². The first-order valence-electron chi connectivity index (χ1n) is 4.78. The van der Waals surface area contributed by atoms with Gasteiger partial charge in [0.05, 0.1) is 5.60 Å². The van der Waals surface area contributed by atoms with E-state index in [0.29, 0.717) is 18.7 Å². The number of halogens is 1. The Kier molecular flexibility index (Phi) is 3.66. The molecular formula is C11H16FNO2. The highest BCUT2D eigenvalue weighted by Crippen LogP contribution is 2.14. The van der Waals surface area contributed by atoms with Crippen molar-refractivity contribution in [3.8, 4) is 5.75 Å². The number of phenols is 1. The zero-order valence-electron chi connectivity index (χ0n) is 8.92. The SMILES string of the molecule is CC(C)(O)CNCc1cc(O)cc(F)c1. The van der Waals surface area contributed by atoms with Crippen LogP contribution < -0.4 is 5.32 Å². The van der Waals surface area contributed by atoms with Crippen LogP contribution in [0.15, 0.2) is 18.2 Å². The number of nitrogens with one attached hydrogen (secondary N) is 1. The second-order valence-electron chi connectivity index (χ2n) is 4.23. The first-order valence-corrected chi connectivity index (χ1v) is 4.78. The highest BCUT2D eigenvalue weighted by Gasteiger charge is 2.11. The van der Waals surface area contributed by atoms with Crippen LogP contribution in [0.5, 0.6) is 5.75 Å². The van der Waals surface area contributed by atoms with E-state index in [1.807, 2.05) is 0 Å². The summed E-state index contributed by atoms with van der Waals surface area (Å²) in [5.41, 5.74) is -0.146. The summed E-state index contributed by atoms with van der Waals surface area (Å²) in [6.07, 6.45) is 0. The average Bonchev–Trinajstić information content (AvgIpc) is 1.99. The monoisotopic (exact) mass is 213 g/mol. The predicted molar refractivity (Wildman–Crippen MR) is 56.1 cm³/mol. The Labute approximate surface area is 88.6 Å². The molecule has 1 aromatic carbocycles. The predicted octanol–water partition coefficient (Wildman–Crippen LogP) is 1.39. The lowest BCUT2D eigenvalue weighted by atomic mass is 10.1. The van der Waals surface area contributed by atoms with Gasteiger partial charge in [0.2, 0.25) is 0 Å². The molecule has 0 heterocycles. The van der Waals surface area contributed by atoms with E-state index in [2.05, 4.69) is 5.32 Å². The molecule has 3 nitrogen and oxygen atoms in total. The quantitative estimate of drug-likeness (QED) is 0.708. The molecule has 0 spiro atoms. The highest BCUT2D eigenvalue weighted by atomic mass is 19.1. The van der Waals surface area contributed by atoms with Gasteiger partial charge in [-0.25, -0.2) is 4.39 Å². The van der Waals surface area contributed by atoms with Crippen molar-refractivity contribution in [2.45, 2.75) is 26.0 Å². The molecule has 84 valence electrons. The molecule has 0 fully saturated rings. The van der Waals surface area contributed by atoms with Crippen LogP contribution in [0.3, 0.4) is 0 Å². The highest BCUT2D eigenvalue weighted by molar-refractivity contribution is 5.28. The topological polar surface area (TPSA) is 52.5 Å². The Morgan fingerprint density at radius 2 is 2.00 bits per heavy atom. The Morgan fingerprint density at radius 3 is 2.53 bits per heavy atom. The number of benzene rings is 1. The van der Waals surface area contributed by atoms with E-state index in [0.717, 1.165) is 6.07 Å². The van der Waals surface area contributed by atoms with Gasteiger partial charge in [0, 0.05) is 19.2 Å². The van der Waals surface area contributed by atoms with Gasteiger partial charge < -0.3 is 15.5 Å². The van der Waals surface area contributed by atoms with Crippen LogP contribution in [0, 0.1) is 5.82 Å².